The Bertz CT molecular complexity index is 1050. The summed E-state index contributed by atoms with van der Waals surface area (Å²) in [6, 6.07) is 0. The zero-order chi connectivity index (χ0) is 37.1. The minimum Gasteiger partial charge on any atom is -0.394 e. The van der Waals surface area contributed by atoms with Gasteiger partial charge in [0.1, 0.15) is 48.8 Å². The molecule has 0 bridgehead atoms. The molecule has 0 aliphatic carbocycles. The largest absolute Gasteiger partial charge is 0.394 e. The molecule has 6 N–H and O–H groups in total. The van der Waals surface area contributed by atoms with Crippen LogP contribution in [0, 0.1) is 0 Å². The maximum absolute atomic E-state index is 11.2. The van der Waals surface area contributed by atoms with Gasteiger partial charge < -0.3 is 87.5 Å². The first-order chi connectivity index (χ1) is 24.3. The lowest BCUT2D eigenvalue weighted by atomic mass is 9.98. The summed E-state index contributed by atoms with van der Waals surface area (Å²) in [6.07, 6.45) is -16.5. The second-order valence-corrected chi connectivity index (χ2v) is 14.0. The van der Waals surface area contributed by atoms with Gasteiger partial charge in [0.2, 0.25) is 0 Å². The Balaban J connectivity index is 1.13. The molecule has 0 amide bonds. The number of aliphatic hydroxyl groups excluding tert-OH is 6. The van der Waals surface area contributed by atoms with E-state index in [1.54, 1.807) is 28.1 Å². The van der Waals surface area contributed by atoms with Crippen LogP contribution in [0.15, 0.2) is 0 Å². The first kappa shape index (κ1) is 41.4. The summed E-state index contributed by atoms with van der Waals surface area (Å²) < 4.78 is 71.4. The van der Waals surface area contributed by atoms with Crippen molar-refractivity contribution < 1.29 is 87.5 Å². The Hall–Kier alpha value is -0.720. The third kappa shape index (κ3) is 9.57. The van der Waals surface area contributed by atoms with Crippen molar-refractivity contribution in [2.24, 2.45) is 0 Å². The molecule has 51 heavy (non-hydrogen) atoms. The Morgan fingerprint density at radius 3 is 1.41 bits per heavy atom. The number of methoxy groups -OCH3 is 3. The Labute approximate surface area is 298 Å². The third-order valence-electron chi connectivity index (χ3n) is 10.5. The lowest BCUT2D eigenvalue weighted by Crippen LogP contribution is -2.62. The molecule has 0 saturated carbocycles. The van der Waals surface area contributed by atoms with Crippen LogP contribution in [0.5, 0.6) is 0 Å². The number of rotatable bonds is 12. The van der Waals surface area contributed by atoms with Gasteiger partial charge in [-0.15, -0.1) is 0 Å². The highest BCUT2D eigenvalue weighted by atomic mass is 16.8. The average molecular weight is 743 g/mol. The number of ether oxygens (including phenoxy) is 12. The van der Waals surface area contributed by atoms with Crippen LogP contribution in [0.1, 0.15) is 53.4 Å². The number of aliphatic hydroxyl groups is 6. The topological polar surface area (TPSA) is 232 Å². The summed E-state index contributed by atoms with van der Waals surface area (Å²) in [5.41, 5.74) is 0. The van der Waals surface area contributed by atoms with Gasteiger partial charge in [-0.05, 0) is 27.7 Å². The van der Waals surface area contributed by atoms with Crippen molar-refractivity contribution in [3.8, 4) is 0 Å². The molecule has 18 nitrogen and oxygen atoms in total. The molecule has 18 heteroatoms. The first-order valence-electron chi connectivity index (χ1n) is 17.8. The zero-order valence-electron chi connectivity index (χ0n) is 30.2. The van der Waals surface area contributed by atoms with Crippen LogP contribution in [0.3, 0.4) is 0 Å². The van der Waals surface area contributed by atoms with Crippen molar-refractivity contribution in [3.05, 3.63) is 0 Å². The van der Waals surface area contributed by atoms with Crippen molar-refractivity contribution in [2.45, 2.75) is 182 Å². The summed E-state index contributed by atoms with van der Waals surface area (Å²) in [6.45, 7) is 6.56. The summed E-state index contributed by atoms with van der Waals surface area (Å²) in [7, 11) is 4.63. The SMILES string of the molecule is CO[C@H]1C[C@H](O[C@H]2[C@@H](O)C[C@H](O[C@@H]3[C@@H](C)O[C@@H](O[C@H]4[C@@H](OC)C[C@H](O)O[C@@H]4C)C[C@H]3OC)O[C@@H]2C)O[C@H](C)[C@H]1O[C@@H]1O[C@H](CO)[C@@H](O)[C@H](O)[C@H]1O. The fraction of sp³-hybridized carbons (Fsp3) is 1.00. The van der Waals surface area contributed by atoms with E-state index >= 15 is 0 Å². The normalized spacial score (nSPS) is 51.4. The quantitative estimate of drug-likeness (QED) is 0.130. The standard InChI is InChI=1S/C33H58O18/c1-13-29(48-24-11-20(42-7)32(16(4)46-24)51-33-28(39)27(38)26(37)21(12-34)47-33)17(35)8-23(44-13)49-31-15(3)45-25(10-19(31)41-6)50-30-14(2)43-22(36)9-18(30)40-5/h13-39H,8-12H2,1-7H3/t13-,14-,15-,16-,17+,18+,19-,20+,21-,22-,23+,24+,25+,26-,27+,28-,29-,30-,31-,32-,33+/m1/s1. The van der Waals surface area contributed by atoms with Gasteiger partial charge >= 0.3 is 0 Å². The highest BCUT2D eigenvalue weighted by molar-refractivity contribution is 4.93. The van der Waals surface area contributed by atoms with Crippen LogP contribution < -0.4 is 0 Å². The second kappa shape index (κ2) is 18.3. The van der Waals surface area contributed by atoms with Gasteiger partial charge in [0.15, 0.2) is 31.5 Å². The lowest BCUT2D eigenvalue weighted by Gasteiger charge is -2.47. The monoisotopic (exact) mass is 742 g/mol. The summed E-state index contributed by atoms with van der Waals surface area (Å²) in [5.74, 6) is 0. The second-order valence-electron chi connectivity index (χ2n) is 14.0. The molecule has 0 radical (unpaired) electrons. The Morgan fingerprint density at radius 1 is 0.490 bits per heavy atom. The van der Waals surface area contributed by atoms with Crippen LogP contribution in [-0.4, -0.2) is 188 Å². The molecule has 5 heterocycles. The minimum absolute atomic E-state index is 0.0994. The Morgan fingerprint density at radius 2 is 0.922 bits per heavy atom. The fourth-order valence-corrected chi connectivity index (χ4v) is 7.64. The maximum Gasteiger partial charge on any atom is 0.187 e. The molecule has 21 atom stereocenters. The highest BCUT2D eigenvalue weighted by Gasteiger charge is 2.50. The fourth-order valence-electron chi connectivity index (χ4n) is 7.64. The van der Waals surface area contributed by atoms with Crippen molar-refractivity contribution >= 4 is 0 Å². The summed E-state index contributed by atoms with van der Waals surface area (Å²) >= 11 is 0. The van der Waals surface area contributed by atoms with Crippen molar-refractivity contribution in [1.82, 2.24) is 0 Å². The molecule has 5 rings (SSSR count). The minimum atomic E-state index is -1.59. The molecule has 298 valence electrons. The van der Waals surface area contributed by atoms with E-state index in [1.165, 1.54) is 7.11 Å². The molecule has 0 unspecified atom stereocenters. The zero-order valence-corrected chi connectivity index (χ0v) is 30.2. The third-order valence-corrected chi connectivity index (χ3v) is 10.5. The van der Waals surface area contributed by atoms with Crippen LogP contribution >= 0.6 is 0 Å². The van der Waals surface area contributed by atoms with E-state index in [0.29, 0.717) is 6.42 Å². The van der Waals surface area contributed by atoms with Gasteiger partial charge in [0.05, 0.1) is 55.4 Å². The van der Waals surface area contributed by atoms with Crippen molar-refractivity contribution in [1.29, 1.82) is 0 Å². The molecule has 0 spiro atoms. The van der Waals surface area contributed by atoms with Crippen LogP contribution in [0.25, 0.3) is 0 Å². The number of hydrogen-bond donors (Lipinski definition) is 6. The van der Waals surface area contributed by atoms with E-state index in [1.807, 2.05) is 13.8 Å². The number of hydrogen-bond acceptors (Lipinski definition) is 18. The molecule has 5 fully saturated rings. The average Bonchev–Trinajstić information content (AvgIpc) is 3.09. The van der Waals surface area contributed by atoms with Gasteiger partial charge in [0.25, 0.3) is 0 Å². The van der Waals surface area contributed by atoms with Crippen molar-refractivity contribution in [2.75, 3.05) is 27.9 Å². The molecule has 5 aliphatic heterocycles. The molecule has 0 aromatic heterocycles. The predicted molar refractivity (Wildman–Crippen MR) is 170 cm³/mol. The predicted octanol–water partition coefficient (Wildman–Crippen LogP) is -1.74. The van der Waals surface area contributed by atoms with Gasteiger partial charge in [-0.3, -0.25) is 0 Å². The van der Waals surface area contributed by atoms with Gasteiger partial charge in [-0.2, -0.15) is 0 Å². The van der Waals surface area contributed by atoms with E-state index in [4.69, 9.17) is 56.8 Å². The lowest BCUT2D eigenvalue weighted by molar-refractivity contribution is -0.357. The summed E-state index contributed by atoms with van der Waals surface area (Å²) in [4.78, 5) is 0. The van der Waals surface area contributed by atoms with E-state index in [9.17, 15) is 30.6 Å². The summed E-state index contributed by atoms with van der Waals surface area (Å²) in [5, 5.41) is 61.5. The van der Waals surface area contributed by atoms with E-state index in [0.717, 1.165) is 0 Å². The van der Waals surface area contributed by atoms with E-state index < -0.39 is 130 Å². The highest BCUT2D eigenvalue weighted by Crippen LogP contribution is 2.35. The van der Waals surface area contributed by atoms with Crippen LogP contribution in [0.4, 0.5) is 0 Å². The molecular weight excluding hydrogens is 684 g/mol. The Kier molecular flexibility index (Phi) is 14.9. The molecule has 0 aromatic rings. The molecule has 5 saturated heterocycles. The van der Waals surface area contributed by atoms with Gasteiger partial charge in [0, 0.05) is 47.0 Å². The van der Waals surface area contributed by atoms with Crippen LogP contribution in [-0.2, 0) is 56.8 Å². The van der Waals surface area contributed by atoms with Gasteiger partial charge in [-0.1, -0.05) is 0 Å². The molecular formula is C33H58O18. The molecule has 0 aromatic carbocycles. The van der Waals surface area contributed by atoms with Crippen LogP contribution in [0.2, 0.25) is 0 Å². The van der Waals surface area contributed by atoms with Crippen molar-refractivity contribution in [3.63, 3.8) is 0 Å². The van der Waals surface area contributed by atoms with E-state index in [-0.39, 0.29) is 25.4 Å². The first-order valence-corrected chi connectivity index (χ1v) is 17.8. The van der Waals surface area contributed by atoms with E-state index in [2.05, 4.69) is 0 Å². The smallest absolute Gasteiger partial charge is 0.187 e. The maximum atomic E-state index is 11.2. The van der Waals surface area contributed by atoms with Gasteiger partial charge in [-0.25, -0.2) is 0 Å². The molecule has 5 aliphatic rings.